The van der Waals surface area contributed by atoms with Crippen LogP contribution in [0.2, 0.25) is 0 Å². The lowest BCUT2D eigenvalue weighted by Crippen LogP contribution is -2.60. The van der Waals surface area contributed by atoms with Gasteiger partial charge >= 0.3 is 47.3 Å². The summed E-state index contributed by atoms with van der Waals surface area (Å²) in [6.45, 7) is 39.3. The number of hydrogen-bond acceptors (Lipinski definition) is 14. The third-order valence-electron chi connectivity index (χ3n) is 14.5. The highest BCUT2D eigenvalue weighted by molar-refractivity contribution is 5.87. The van der Waals surface area contributed by atoms with Crippen molar-refractivity contribution in [3.63, 3.8) is 0 Å². The smallest absolute Gasteiger partial charge is 0.407 e. The van der Waals surface area contributed by atoms with Gasteiger partial charge in [0.25, 0.3) is 0 Å². The highest BCUT2D eigenvalue weighted by Gasteiger charge is 2.47. The van der Waals surface area contributed by atoms with Crippen molar-refractivity contribution < 1.29 is 52.8 Å². The summed E-state index contributed by atoms with van der Waals surface area (Å²) in [7, 11) is 0. The molecule has 3 saturated carbocycles. The zero-order valence-electron chi connectivity index (χ0n) is 50.7. The van der Waals surface area contributed by atoms with E-state index in [0.717, 1.165) is 0 Å². The molecule has 4 N–H and O–H groups in total. The number of ether oxygens (including phenoxy) is 5. The van der Waals surface area contributed by atoms with Crippen molar-refractivity contribution in [3.05, 3.63) is 55.8 Å². The van der Waals surface area contributed by atoms with Crippen molar-refractivity contribution in [2.75, 3.05) is 39.6 Å². The van der Waals surface area contributed by atoms with Crippen LogP contribution in [0.4, 0.5) is 14.4 Å². The molecule has 6 atom stereocenters. The molecule has 0 aliphatic heterocycles. The topological polar surface area (TPSA) is 254 Å². The average molecular weight is 1110 g/mol. The minimum atomic E-state index is -0.829. The second kappa shape index (κ2) is 28.7. The molecule has 446 valence electrons. The molecule has 0 bridgehead atoms. The van der Waals surface area contributed by atoms with E-state index in [1.165, 1.54) is 27.5 Å². The monoisotopic (exact) mass is 1100 g/mol. The number of nitrogens with one attached hydrogen (secondary N) is 3. The molecule has 0 radical (unpaired) electrons. The molecule has 1 aromatic heterocycles. The van der Waals surface area contributed by atoms with E-state index in [1.807, 2.05) is 62.3 Å². The van der Waals surface area contributed by atoms with Gasteiger partial charge < -0.3 is 44.7 Å². The Bertz CT molecular complexity index is 2440. The maximum Gasteiger partial charge on any atom is 0.407 e. The van der Waals surface area contributed by atoms with Crippen LogP contribution >= 0.6 is 0 Å². The number of alkyl carbamates (subject to hydrolysis) is 3. The second-order valence-electron chi connectivity index (χ2n) is 25.8. The molecule has 1 heterocycles. The van der Waals surface area contributed by atoms with Gasteiger partial charge in [0.05, 0.1) is 0 Å². The van der Waals surface area contributed by atoms with Gasteiger partial charge in [0, 0.05) is 55.5 Å². The fourth-order valence-corrected chi connectivity index (χ4v) is 12.9. The van der Waals surface area contributed by atoms with E-state index < -0.39 is 86.6 Å². The molecule has 78 heavy (non-hydrogen) atoms. The van der Waals surface area contributed by atoms with Gasteiger partial charge in [-0.2, -0.15) is 0 Å². The van der Waals surface area contributed by atoms with Crippen molar-refractivity contribution in [1.29, 1.82) is 0 Å². The molecule has 3 fully saturated rings. The number of carbonyl (C=O) groups is 5. The molecule has 3 aliphatic rings. The van der Waals surface area contributed by atoms with Crippen LogP contribution in [0.5, 0.6) is 0 Å². The van der Waals surface area contributed by atoms with Crippen molar-refractivity contribution in [1.82, 2.24) is 29.7 Å². The maximum absolute atomic E-state index is 15.3. The first-order chi connectivity index (χ1) is 36.0. The lowest BCUT2D eigenvalue weighted by Gasteiger charge is -2.48. The molecular formula is C58H100N6O14. The molecule has 3 aliphatic carbocycles. The van der Waals surface area contributed by atoms with Gasteiger partial charge in [-0.05, 0) is 131 Å². The van der Waals surface area contributed by atoms with Gasteiger partial charge in [-0.25, -0.2) is 52.1 Å². The normalized spacial score (nSPS) is 24.9. The summed E-state index contributed by atoms with van der Waals surface area (Å²) in [5.41, 5.74) is -6.00. The zero-order valence-corrected chi connectivity index (χ0v) is 50.7. The van der Waals surface area contributed by atoms with Gasteiger partial charge in [-0.3, -0.25) is 0 Å². The van der Waals surface area contributed by atoms with Gasteiger partial charge in [-0.1, -0.05) is 103 Å². The summed E-state index contributed by atoms with van der Waals surface area (Å²) in [5, 5.41) is 18.2. The van der Waals surface area contributed by atoms with Crippen molar-refractivity contribution in [2.24, 2.45) is 32.5 Å². The Morgan fingerprint density at radius 1 is 0.577 bits per heavy atom. The Kier molecular flexibility index (Phi) is 25.2. The number of hydrogen-bond donors (Lipinski definition) is 4. The Balaban J connectivity index is 0.00000508. The summed E-state index contributed by atoms with van der Waals surface area (Å²) >= 11 is 0. The van der Waals surface area contributed by atoms with Crippen LogP contribution in [0.15, 0.2) is 38.7 Å². The van der Waals surface area contributed by atoms with Crippen LogP contribution in [0.1, 0.15) is 194 Å². The van der Waals surface area contributed by atoms with E-state index in [-0.39, 0.29) is 87.1 Å². The van der Waals surface area contributed by atoms with Crippen LogP contribution in [-0.2, 0) is 46.4 Å². The minimum Gasteiger partial charge on any atom is -0.459 e. The predicted octanol–water partition coefficient (Wildman–Crippen LogP) is 9.12. The number of aliphatic hydroxyl groups is 1. The van der Waals surface area contributed by atoms with Crippen molar-refractivity contribution >= 4 is 30.2 Å². The highest BCUT2D eigenvalue weighted by Crippen LogP contribution is 2.51. The summed E-state index contributed by atoms with van der Waals surface area (Å²) in [5.74, 6) is -1.20. The number of aliphatic hydroxyl groups excluding tert-OH is 1. The molecule has 20 nitrogen and oxygen atoms in total. The summed E-state index contributed by atoms with van der Waals surface area (Å²) in [4.78, 5) is 109. The molecule has 3 amide bonds. The van der Waals surface area contributed by atoms with Crippen LogP contribution in [0.25, 0.3) is 0 Å². The first-order valence-electron chi connectivity index (χ1n) is 28.1. The highest BCUT2D eigenvalue weighted by atomic mass is 16.6. The number of amides is 3. The third-order valence-corrected chi connectivity index (χ3v) is 14.5. The molecule has 0 saturated heterocycles. The van der Waals surface area contributed by atoms with Gasteiger partial charge in [0.1, 0.15) is 32.0 Å². The number of carbonyl (C=O) groups excluding carboxylic acids is 5. The fraction of sp³-hybridized carbons (Fsp3) is 0.793. The molecular weight excluding hydrogens is 1000 g/mol. The summed E-state index contributed by atoms with van der Waals surface area (Å²) in [6, 6.07) is -1.52. The van der Waals surface area contributed by atoms with Crippen LogP contribution in [0.3, 0.4) is 0 Å². The lowest BCUT2D eigenvalue weighted by molar-refractivity contribution is -0.140. The maximum atomic E-state index is 15.3. The number of aromatic nitrogens is 3. The van der Waals surface area contributed by atoms with E-state index in [9.17, 15) is 29.1 Å². The van der Waals surface area contributed by atoms with Gasteiger partial charge in [0.2, 0.25) is 0 Å². The van der Waals surface area contributed by atoms with Crippen LogP contribution in [-0.4, -0.2) is 106 Å². The molecule has 0 aromatic carbocycles. The zero-order chi connectivity index (χ0) is 59.8. The molecule has 0 spiro atoms. The summed E-state index contributed by atoms with van der Waals surface area (Å²) < 4.78 is 30.1. The van der Waals surface area contributed by atoms with E-state index >= 15 is 14.4 Å². The first-order valence-corrected chi connectivity index (χ1v) is 28.1. The quantitative estimate of drug-likeness (QED) is 0.0388. The molecule has 4 rings (SSSR count). The second-order valence-corrected chi connectivity index (χ2v) is 25.8. The standard InChI is InChI=1S/C54H88N6O14.2C2H6/c1-35(2)40(62)70-19-21-72-42(64)55-32-52(13)28-39(27-50(9,10)29-52)60-46(68)58(33-53(14)25-37(23-48(5,6)30-53)56-43(65)73-22-20-71-41(63)36(3)4)45(67)59(47(60)69)34-54(15)26-38(24-49(7,8)31-54)57-44(66)74-51(11,12)17-16-18-61;2*1-2/h37-39,61H,1,3,16-34H2,2,4-15H3,(H,55,64)(H,56,65)(H,57,66);2*1-2H3. The summed E-state index contributed by atoms with van der Waals surface area (Å²) in [6.07, 6.45) is 3.27. The Morgan fingerprint density at radius 3 is 1.41 bits per heavy atom. The minimum absolute atomic E-state index is 0.0349. The van der Waals surface area contributed by atoms with Gasteiger partial charge in [0.15, 0.2) is 0 Å². The van der Waals surface area contributed by atoms with Crippen LogP contribution < -0.4 is 33.0 Å². The predicted molar refractivity (Wildman–Crippen MR) is 301 cm³/mol. The molecule has 1 aromatic rings. The first kappa shape index (κ1) is 68.7. The van der Waals surface area contributed by atoms with Crippen molar-refractivity contribution in [2.45, 2.75) is 225 Å². The molecule has 6 unspecified atom stereocenters. The molecule has 20 heteroatoms. The average Bonchev–Trinajstić information content (AvgIpc) is 3.29. The third kappa shape index (κ3) is 21.3. The number of nitrogens with zero attached hydrogens (tertiary/aromatic N) is 3. The number of rotatable bonds is 21. The number of esters is 2. The van der Waals surface area contributed by atoms with Gasteiger partial charge in [-0.15, -0.1) is 0 Å². The lowest BCUT2D eigenvalue weighted by atomic mass is 9.62. The van der Waals surface area contributed by atoms with E-state index in [0.29, 0.717) is 64.2 Å². The van der Waals surface area contributed by atoms with E-state index in [2.05, 4.69) is 56.8 Å². The fourth-order valence-electron chi connectivity index (χ4n) is 12.9. The Hall–Kier alpha value is -5.40. The SMILES string of the molecule is C=C(C)C(=O)OCCOC(=O)NCC1(C)CC(n2c(=O)n(CC3(C)CC(NC(=O)OCCOC(=O)C(=C)C)CC(C)(C)C3)c(=O)n(CC3(C)CC(NC(=O)OC(C)(C)CCCO)CC(C)(C)C3)c2=O)CC(C)(C)C1.CC.CC. The van der Waals surface area contributed by atoms with E-state index in [4.69, 9.17) is 23.7 Å². The van der Waals surface area contributed by atoms with Crippen LogP contribution in [0, 0.1) is 32.5 Å². The largest absolute Gasteiger partial charge is 0.459 e. The Labute approximate surface area is 464 Å². The Morgan fingerprint density at radius 2 is 0.974 bits per heavy atom. The van der Waals surface area contributed by atoms with E-state index in [1.54, 1.807) is 13.8 Å². The van der Waals surface area contributed by atoms with Crippen molar-refractivity contribution in [3.8, 4) is 0 Å².